The molecule has 1 aliphatic carbocycles. The van der Waals surface area contributed by atoms with Gasteiger partial charge in [-0.1, -0.05) is 0 Å². The molecular formula is C99H138F13N15O9S2. The van der Waals surface area contributed by atoms with Crippen molar-refractivity contribution >= 4 is 20.0 Å². The SMILES string of the molecule is CC(C)S(=O)(=O)N1CCC2(CCN([C@H]3CO[C@H](c4cc(F)ccc4F)[C@@H](N)C3)C2)C1.CN1CCC2CN([C@H]3CO[C@H](c4cc(F)ccc4F)[C@@H](N)C3)CC2C1.N[C@H]1C[C@@H](N2CC3CCNCC3C2)CO[C@@H]1c1cc(F)ccc1F.N[C@H]1C[C@@H](N2CCC3(CCN(CC4CC4)C3)C2)CO[C@@H]1c1cc(F)ccc1F.N[C@H]1C[C@@H](N2CCC3(CCN(S(=O)(=O)C(F)(F)F)C3)C2)CO[C@@H]1c1cc(F)ccc1F. The fraction of sp³-hybridized carbons (Fsp3) is 0.697. The molecule has 1 saturated carbocycles. The van der Waals surface area contributed by atoms with E-state index in [1.165, 1.54) is 82.9 Å². The molecule has 15 heterocycles. The molecule has 16 aliphatic rings. The minimum Gasteiger partial charge on any atom is -0.370 e. The molecule has 0 radical (unpaired) electrons. The van der Waals surface area contributed by atoms with Gasteiger partial charge in [0, 0.05) is 180 Å². The third-order valence-electron chi connectivity index (χ3n) is 33.2. The van der Waals surface area contributed by atoms with Crippen LogP contribution in [0, 0.1) is 104 Å². The summed E-state index contributed by atoms with van der Waals surface area (Å²) >= 11 is 0. The molecule has 11 N–H and O–H groups in total. The monoisotopic (exact) mass is 1990 g/mol. The number of alkyl halides is 3. The molecule has 5 aromatic carbocycles. The maximum Gasteiger partial charge on any atom is 0.511 e. The van der Waals surface area contributed by atoms with Crippen LogP contribution in [0.2, 0.25) is 0 Å². The number of nitrogens with zero attached hydrogens (tertiary/aromatic N) is 9. The van der Waals surface area contributed by atoms with Crippen LogP contribution in [-0.2, 0) is 43.7 Å². The molecule has 16 fully saturated rings. The molecule has 0 bridgehead atoms. The molecule has 766 valence electrons. The molecular weight excluding hydrogens is 1850 g/mol. The van der Waals surface area contributed by atoms with Crippen molar-refractivity contribution in [3.05, 3.63) is 177 Å². The lowest BCUT2D eigenvalue weighted by Gasteiger charge is -2.39. The van der Waals surface area contributed by atoms with Crippen LogP contribution in [0.4, 0.5) is 57.1 Å². The van der Waals surface area contributed by atoms with Crippen LogP contribution in [0.25, 0.3) is 0 Å². The Morgan fingerprint density at radius 2 is 0.703 bits per heavy atom. The predicted molar refractivity (Wildman–Crippen MR) is 495 cm³/mol. The molecule has 21 rings (SSSR count). The van der Waals surface area contributed by atoms with E-state index in [1.54, 1.807) is 18.2 Å². The molecule has 24 nitrogen and oxygen atoms in total. The maximum absolute atomic E-state index is 14.1. The van der Waals surface area contributed by atoms with E-state index in [-0.39, 0.29) is 101 Å². The van der Waals surface area contributed by atoms with E-state index in [4.69, 9.17) is 52.4 Å². The van der Waals surface area contributed by atoms with E-state index in [1.807, 2.05) is 0 Å². The average molecular weight is 1990 g/mol. The zero-order valence-electron chi connectivity index (χ0n) is 79.1. The number of nitrogens with one attached hydrogen (secondary N) is 1. The summed E-state index contributed by atoms with van der Waals surface area (Å²) in [5.74, 6) is -0.971. The van der Waals surface area contributed by atoms with E-state index in [0.717, 1.165) is 201 Å². The zero-order valence-corrected chi connectivity index (χ0v) is 80.7. The highest BCUT2D eigenvalue weighted by atomic mass is 32.2. The molecule has 39 heteroatoms. The Balaban J connectivity index is 0.000000120. The second kappa shape index (κ2) is 43.1. The zero-order chi connectivity index (χ0) is 97.8. The van der Waals surface area contributed by atoms with Crippen molar-refractivity contribution in [1.82, 2.24) is 48.2 Å². The minimum absolute atomic E-state index is 0.0163. The number of ether oxygens (including phenoxy) is 5. The van der Waals surface area contributed by atoms with Crippen molar-refractivity contribution in [2.24, 2.45) is 74.5 Å². The number of likely N-dealkylation sites (tertiary alicyclic amines) is 7. The maximum atomic E-state index is 14.1. The molecule has 7 unspecified atom stereocenters. The summed E-state index contributed by atoms with van der Waals surface area (Å²) in [4.78, 5) is 17.0. The van der Waals surface area contributed by atoms with Gasteiger partial charge in [0.1, 0.15) is 88.7 Å². The Bertz CT molecular complexity index is 5240. The number of benzene rings is 5. The minimum atomic E-state index is -5.33. The Hall–Kier alpha value is -5.71. The molecule has 3 spiro atoms. The first-order valence-corrected chi connectivity index (χ1v) is 52.6. The largest absolute Gasteiger partial charge is 0.511 e. The van der Waals surface area contributed by atoms with Gasteiger partial charge in [-0.15, -0.1) is 0 Å². The number of sulfonamides is 2. The molecule has 0 amide bonds. The van der Waals surface area contributed by atoms with Crippen molar-refractivity contribution in [2.75, 3.05) is 178 Å². The van der Waals surface area contributed by atoms with Crippen molar-refractivity contribution in [2.45, 2.75) is 212 Å². The number of nitrogens with two attached hydrogens (primary N) is 5. The summed E-state index contributed by atoms with van der Waals surface area (Å²) in [6.07, 6.45) is 10.8. The van der Waals surface area contributed by atoms with Gasteiger partial charge in [0.25, 0.3) is 0 Å². The second-order valence-electron chi connectivity index (χ2n) is 43.2. The number of rotatable bonds is 15. The fourth-order valence-electron chi connectivity index (χ4n) is 25.2. The van der Waals surface area contributed by atoms with E-state index in [2.05, 4.69) is 46.7 Å². The van der Waals surface area contributed by atoms with E-state index < -0.39 is 137 Å². The molecule has 15 aliphatic heterocycles. The number of hydrogen-bond donors (Lipinski definition) is 6. The van der Waals surface area contributed by atoms with Gasteiger partial charge in [-0.2, -0.15) is 17.5 Å². The van der Waals surface area contributed by atoms with Gasteiger partial charge in [-0.05, 0) is 300 Å². The first kappa shape index (κ1) is 104. The lowest BCUT2D eigenvalue weighted by molar-refractivity contribution is -0.0497. The quantitative estimate of drug-likeness (QED) is 0.0531. The summed E-state index contributed by atoms with van der Waals surface area (Å²) in [7, 11) is -6.37. The number of piperidine rings is 2. The Morgan fingerprint density at radius 1 is 0.384 bits per heavy atom. The average Bonchev–Trinajstić information content (AvgIpc) is 1.58. The third-order valence-corrected chi connectivity index (χ3v) is 37.0. The summed E-state index contributed by atoms with van der Waals surface area (Å²) in [5.41, 5.74) is 27.0. The first-order chi connectivity index (χ1) is 65.7. The van der Waals surface area contributed by atoms with Crippen molar-refractivity contribution in [3.63, 3.8) is 0 Å². The smallest absolute Gasteiger partial charge is 0.370 e. The predicted octanol–water partition coefficient (Wildman–Crippen LogP) is 11.2. The van der Waals surface area contributed by atoms with Gasteiger partial charge in [0.05, 0.1) is 38.3 Å². The van der Waals surface area contributed by atoms with E-state index >= 15 is 0 Å². The first-order valence-electron chi connectivity index (χ1n) is 49.6. The normalized spacial score (nSPS) is 35.6. The van der Waals surface area contributed by atoms with Crippen LogP contribution in [-0.4, -0.2) is 308 Å². The Morgan fingerprint density at radius 3 is 1.05 bits per heavy atom. The van der Waals surface area contributed by atoms with Crippen LogP contribution in [0.1, 0.15) is 168 Å². The molecule has 0 aromatic heterocycles. The van der Waals surface area contributed by atoms with Crippen LogP contribution < -0.4 is 34.0 Å². The topological polar surface area (TPSA) is 286 Å². The fourth-order valence-corrected chi connectivity index (χ4v) is 27.7. The van der Waals surface area contributed by atoms with Crippen LogP contribution >= 0.6 is 0 Å². The van der Waals surface area contributed by atoms with Crippen molar-refractivity contribution < 1.29 is 97.6 Å². The molecule has 15 saturated heterocycles. The number of hydrogen-bond acceptors (Lipinski definition) is 22. The Labute approximate surface area is 802 Å². The lowest BCUT2D eigenvalue weighted by Crippen LogP contribution is -2.49. The van der Waals surface area contributed by atoms with Gasteiger partial charge >= 0.3 is 15.5 Å². The van der Waals surface area contributed by atoms with Gasteiger partial charge in [0.2, 0.25) is 10.0 Å². The third kappa shape index (κ3) is 23.5. The van der Waals surface area contributed by atoms with Crippen molar-refractivity contribution in [3.8, 4) is 0 Å². The number of halogens is 13. The van der Waals surface area contributed by atoms with Gasteiger partial charge in [-0.25, -0.2) is 65.0 Å². The molecule has 138 heavy (non-hydrogen) atoms. The van der Waals surface area contributed by atoms with Crippen LogP contribution in [0.15, 0.2) is 91.0 Å². The van der Waals surface area contributed by atoms with E-state index in [9.17, 15) is 73.9 Å². The standard InChI is InChI=1S/C22H31F2N3O.C21H31F2N3O3S.C19H24F5N3O3S.C19H27F2N3O.C18H25F2N3O/c23-16-3-4-19(24)18(9-16)21-20(25)10-17(12-28-21)27-8-6-22(14-27)5-7-26(13-22)11-15-1-2-15;1-14(2)30(27,28)26-8-6-21(13-26)5-7-25(12-21)16-10-19(24)20(29-11-16)17-9-15(22)3-4-18(17)23;20-12-1-2-15(21)14(7-12)17-16(25)8-13(9-30-17)26-5-3-18(10-26)4-6-27(11-18)31(28,29)19(22,23)24;1-23-5-4-12-9-24(10-13(12)8-23)15-7-18(22)19(25-11-15)16-6-14(20)2-3-17(16)21;19-13-1-2-16(20)15(5-13)18-17(21)6-14(10-24-18)23-8-11-3-4-22-7-12(11)9-23/h3-4,9,15,17,20-21H,1-2,5-8,10-14,25H2;3-4,9,14,16,19-20H,5-8,10-13,24H2,1-2H3;1-2,7,13,16-17H,3-6,8-11,25H2;2-3,6,12-13,15,18-19H,4-5,7-11,22H2,1H3;1-2,5,11-12,14,17-18,22H,3-4,6-10,21H2/t17-,20+,21-,22?;16-,19+,20-,21?;13-,16+,17-,18?;12?,13?,15-,18+,19-;11?,12?,14-,17+,18-/m11111/s1. The van der Waals surface area contributed by atoms with Crippen LogP contribution in [0.5, 0.6) is 0 Å². The molecule has 22 atom stereocenters. The summed E-state index contributed by atoms with van der Waals surface area (Å²) in [6.45, 7) is 24.1. The van der Waals surface area contributed by atoms with Crippen LogP contribution in [0.3, 0.4) is 0 Å². The Kier molecular flexibility index (Phi) is 32.4. The van der Waals surface area contributed by atoms with E-state index in [0.29, 0.717) is 93.9 Å². The highest BCUT2D eigenvalue weighted by Crippen LogP contribution is 2.50. The highest BCUT2D eigenvalue weighted by Gasteiger charge is 2.58. The summed E-state index contributed by atoms with van der Waals surface area (Å²) in [6, 6.07) is 15.8. The number of fused-ring (bicyclic) bond motifs is 2. The van der Waals surface area contributed by atoms with Gasteiger partial charge < -0.3 is 67.5 Å². The second-order valence-corrected chi connectivity index (χ2v) is 47.6. The summed E-state index contributed by atoms with van der Waals surface area (Å²) < 4.78 is 257. The molecule has 5 aromatic rings. The van der Waals surface area contributed by atoms with Gasteiger partial charge in [-0.3, -0.25) is 24.5 Å². The van der Waals surface area contributed by atoms with Crippen molar-refractivity contribution in [1.29, 1.82) is 0 Å². The summed E-state index contributed by atoms with van der Waals surface area (Å²) in [5, 5.41) is 3.06. The highest BCUT2D eigenvalue weighted by molar-refractivity contribution is 7.90. The lowest BCUT2D eigenvalue weighted by atomic mass is 9.86. The van der Waals surface area contributed by atoms with Gasteiger partial charge in [0.15, 0.2) is 0 Å².